The number of carbonyl (C=O) groups excluding carboxylic acids is 1. The molecule has 0 amide bonds. The summed E-state index contributed by atoms with van der Waals surface area (Å²) in [5.41, 5.74) is 1.48. The van der Waals surface area contributed by atoms with Crippen LogP contribution in [0, 0.1) is 0 Å². The van der Waals surface area contributed by atoms with Gasteiger partial charge in [0, 0.05) is 4.88 Å². The predicted octanol–water partition coefficient (Wildman–Crippen LogP) is 2.56. The molecule has 2 aromatic heterocycles. The molecule has 7 nitrogen and oxygen atoms in total. The van der Waals surface area contributed by atoms with Crippen molar-refractivity contribution < 1.29 is 19.4 Å². The molecule has 9 heteroatoms. The van der Waals surface area contributed by atoms with E-state index < -0.39 is 18.0 Å². The number of esters is 1. The Labute approximate surface area is 184 Å². The lowest BCUT2D eigenvalue weighted by Gasteiger charge is -2.23. The molecular formula is C22H18N2O5S2. The van der Waals surface area contributed by atoms with Crippen molar-refractivity contribution in [3.8, 4) is 0 Å². The van der Waals surface area contributed by atoms with Gasteiger partial charge in [-0.2, -0.15) is 0 Å². The maximum atomic E-state index is 13.3. The lowest BCUT2D eigenvalue weighted by molar-refractivity contribution is -0.139. The van der Waals surface area contributed by atoms with Gasteiger partial charge in [0.2, 0.25) is 0 Å². The number of hydrogen-bond donors (Lipinski definition) is 1. The largest absolute Gasteiger partial charge is 0.478 e. The molecular weight excluding hydrogens is 436 g/mol. The zero-order valence-corrected chi connectivity index (χ0v) is 18.3. The number of aromatic nitrogens is 1. The van der Waals surface area contributed by atoms with E-state index in [1.807, 2.05) is 17.5 Å². The van der Waals surface area contributed by atoms with Gasteiger partial charge in [0.15, 0.2) is 4.80 Å². The van der Waals surface area contributed by atoms with Crippen LogP contribution in [0.4, 0.5) is 0 Å². The molecule has 0 bridgehead atoms. The molecule has 3 aromatic rings. The van der Waals surface area contributed by atoms with Gasteiger partial charge in [-0.25, -0.2) is 14.6 Å². The summed E-state index contributed by atoms with van der Waals surface area (Å²) in [5.74, 6) is -1.50. The van der Waals surface area contributed by atoms with Gasteiger partial charge in [-0.1, -0.05) is 29.5 Å². The molecule has 1 atom stereocenters. The van der Waals surface area contributed by atoms with Gasteiger partial charge in [-0.05, 0) is 49.1 Å². The molecule has 1 aromatic carbocycles. The SMILES string of the molecule is CCOC(=O)C1=C(C)N=c2s/c(=C\c3ccc(C(=O)O)cc3)c(=O)n2C1c1cccs1. The maximum Gasteiger partial charge on any atom is 0.338 e. The van der Waals surface area contributed by atoms with Crippen LogP contribution in [-0.2, 0) is 9.53 Å². The van der Waals surface area contributed by atoms with E-state index in [2.05, 4.69) is 4.99 Å². The Kier molecular flexibility index (Phi) is 5.71. The summed E-state index contributed by atoms with van der Waals surface area (Å²) in [7, 11) is 0. The fourth-order valence-electron chi connectivity index (χ4n) is 3.38. The summed E-state index contributed by atoms with van der Waals surface area (Å²) in [5, 5.41) is 11.0. The van der Waals surface area contributed by atoms with Crippen LogP contribution in [0.3, 0.4) is 0 Å². The average Bonchev–Trinajstić information content (AvgIpc) is 3.36. The number of thiophene rings is 1. The third kappa shape index (κ3) is 3.89. The van der Waals surface area contributed by atoms with Crippen LogP contribution in [0.25, 0.3) is 6.08 Å². The van der Waals surface area contributed by atoms with Crippen molar-refractivity contribution in [1.82, 2.24) is 4.57 Å². The second-order valence-electron chi connectivity index (χ2n) is 6.74. The van der Waals surface area contributed by atoms with Crippen LogP contribution in [-0.4, -0.2) is 28.2 Å². The lowest BCUT2D eigenvalue weighted by atomic mass is 10.0. The molecule has 1 unspecified atom stereocenters. The summed E-state index contributed by atoms with van der Waals surface area (Å²) in [4.78, 5) is 43.0. The van der Waals surface area contributed by atoms with Crippen LogP contribution in [0.5, 0.6) is 0 Å². The first-order valence-electron chi connectivity index (χ1n) is 9.47. The fraction of sp³-hybridized carbons (Fsp3) is 0.182. The van der Waals surface area contributed by atoms with E-state index in [1.165, 1.54) is 39.4 Å². The number of thiazole rings is 1. The molecule has 0 saturated heterocycles. The number of nitrogens with zero attached hydrogens (tertiary/aromatic N) is 2. The van der Waals surface area contributed by atoms with Gasteiger partial charge in [0.1, 0.15) is 6.04 Å². The Hall–Kier alpha value is -3.30. The van der Waals surface area contributed by atoms with E-state index in [1.54, 1.807) is 32.1 Å². The number of benzene rings is 1. The summed E-state index contributed by atoms with van der Waals surface area (Å²) < 4.78 is 7.23. The molecule has 3 heterocycles. The number of aromatic carboxylic acids is 1. The third-order valence-electron chi connectivity index (χ3n) is 4.79. The minimum absolute atomic E-state index is 0.172. The maximum absolute atomic E-state index is 13.3. The van der Waals surface area contributed by atoms with E-state index in [9.17, 15) is 14.4 Å². The molecule has 158 valence electrons. The minimum atomic E-state index is -1.01. The molecule has 31 heavy (non-hydrogen) atoms. The van der Waals surface area contributed by atoms with Gasteiger partial charge in [0.05, 0.1) is 28.0 Å². The number of fused-ring (bicyclic) bond motifs is 1. The topological polar surface area (TPSA) is 98.0 Å². The highest BCUT2D eigenvalue weighted by Crippen LogP contribution is 2.33. The molecule has 0 spiro atoms. The zero-order chi connectivity index (χ0) is 22.1. The Morgan fingerprint density at radius 2 is 2.00 bits per heavy atom. The molecule has 1 N–H and O–H groups in total. The third-order valence-corrected chi connectivity index (χ3v) is 6.69. The van der Waals surface area contributed by atoms with Gasteiger partial charge in [-0.15, -0.1) is 11.3 Å². The number of ether oxygens (including phenoxy) is 1. The van der Waals surface area contributed by atoms with E-state index in [-0.39, 0.29) is 17.7 Å². The second kappa shape index (κ2) is 8.44. The van der Waals surface area contributed by atoms with Gasteiger partial charge in [-0.3, -0.25) is 9.36 Å². The van der Waals surface area contributed by atoms with Crippen molar-refractivity contribution in [2.75, 3.05) is 6.61 Å². The molecule has 0 radical (unpaired) electrons. The number of carboxylic acid groups (broad SMARTS) is 1. The van der Waals surface area contributed by atoms with Crippen molar-refractivity contribution in [1.29, 1.82) is 0 Å². The zero-order valence-electron chi connectivity index (χ0n) is 16.7. The van der Waals surface area contributed by atoms with E-state index in [4.69, 9.17) is 9.84 Å². The van der Waals surface area contributed by atoms with E-state index >= 15 is 0 Å². The van der Waals surface area contributed by atoms with Crippen LogP contribution in [0.15, 0.2) is 62.8 Å². The number of allylic oxidation sites excluding steroid dienone is 1. The monoisotopic (exact) mass is 454 g/mol. The molecule has 1 aliphatic rings. The molecule has 0 aliphatic carbocycles. The van der Waals surface area contributed by atoms with Crippen LogP contribution < -0.4 is 14.9 Å². The van der Waals surface area contributed by atoms with Crippen molar-refractivity contribution in [3.05, 3.63) is 88.7 Å². The highest BCUT2D eigenvalue weighted by molar-refractivity contribution is 7.10. The summed E-state index contributed by atoms with van der Waals surface area (Å²) in [6.45, 7) is 3.71. The Morgan fingerprint density at radius 1 is 1.26 bits per heavy atom. The first-order valence-corrected chi connectivity index (χ1v) is 11.2. The molecule has 0 fully saturated rings. The van der Waals surface area contributed by atoms with E-state index in [0.717, 1.165) is 4.88 Å². The fourth-order valence-corrected chi connectivity index (χ4v) is 5.25. The van der Waals surface area contributed by atoms with Gasteiger partial charge in [0.25, 0.3) is 5.56 Å². The summed E-state index contributed by atoms with van der Waals surface area (Å²) in [6.07, 6.45) is 1.70. The normalized spacial score (nSPS) is 16.1. The highest BCUT2D eigenvalue weighted by Gasteiger charge is 2.33. The molecule has 0 saturated carbocycles. The highest BCUT2D eigenvalue weighted by atomic mass is 32.1. The Balaban J connectivity index is 1.88. The van der Waals surface area contributed by atoms with Crippen LogP contribution in [0.2, 0.25) is 0 Å². The second-order valence-corrected chi connectivity index (χ2v) is 8.73. The first-order chi connectivity index (χ1) is 14.9. The standard InChI is InChI=1S/C22H18N2O5S2/c1-3-29-21(28)17-12(2)23-22-24(18(17)15-5-4-10-30-15)19(25)16(31-22)11-13-6-8-14(9-7-13)20(26)27/h4-11,18H,3H2,1-2H3,(H,26,27)/b16-11-. The van der Waals surface area contributed by atoms with Gasteiger partial charge < -0.3 is 9.84 Å². The smallest absolute Gasteiger partial charge is 0.338 e. The van der Waals surface area contributed by atoms with Crippen LogP contribution in [0.1, 0.15) is 40.7 Å². The van der Waals surface area contributed by atoms with Crippen molar-refractivity contribution in [3.63, 3.8) is 0 Å². The van der Waals surface area contributed by atoms with Crippen molar-refractivity contribution in [2.45, 2.75) is 19.9 Å². The van der Waals surface area contributed by atoms with Crippen molar-refractivity contribution >= 4 is 40.7 Å². The number of carbonyl (C=O) groups is 2. The predicted molar refractivity (Wildman–Crippen MR) is 118 cm³/mol. The number of carboxylic acids is 1. The minimum Gasteiger partial charge on any atom is -0.478 e. The Bertz CT molecular complexity index is 1360. The first kappa shape index (κ1) is 21.0. The summed E-state index contributed by atoms with van der Waals surface area (Å²) in [6, 6.07) is 9.42. The van der Waals surface area contributed by atoms with Gasteiger partial charge >= 0.3 is 11.9 Å². The average molecular weight is 455 g/mol. The lowest BCUT2D eigenvalue weighted by Crippen LogP contribution is -2.39. The van der Waals surface area contributed by atoms with Crippen LogP contribution >= 0.6 is 22.7 Å². The van der Waals surface area contributed by atoms with Crippen molar-refractivity contribution in [2.24, 2.45) is 4.99 Å². The van der Waals surface area contributed by atoms with E-state index in [0.29, 0.717) is 26.2 Å². The summed E-state index contributed by atoms with van der Waals surface area (Å²) >= 11 is 2.69. The number of hydrogen-bond acceptors (Lipinski definition) is 7. The quantitative estimate of drug-likeness (QED) is 0.598. The Morgan fingerprint density at radius 3 is 2.61 bits per heavy atom. The molecule has 4 rings (SSSR count). The molecule has 1 aliphatic heterocycles. The number of rotatable bonds is 5.